The van der Waals surface area contributed by atoms with E-state index in [0.717, 1.165) is 19.3 Å². The number of halogens is 1. The van der Waals surface area contributed by atoms with Gasteiger partial charge in [-0.3, -0.25) is 0 Å². The Hall–Kier alpha value is 0.200. The third-order valence-electron chi connectivity index (χ3n) is 3.69. The summed E-state index contributed by atoms with van der Waals surface area (Å²) in [4.78, 5) is 0. The molecule has 3 nitrogen and oxygen atoms in total. The van der Waals surface area contributed by atoms with Gasteiger partial charge in [0.2, 0.25) is 9.05 Å². The summed E-state index contributed by atoms with van der Waals surface area (Å²) >= 11 is 0. The first-order chi connectivity index (χ1) is 6.07. The molecule has 0 aromatic rings. The van der Waals surface area contributed by atoms with E-state index in [-0.39, 0.29) is 17.3 Å². The van der Waals surface area contributed by atoms with Crippen molar-refractivity contribution in [2.75, 3.05) is 0 Å². The van der Waals surface area contributed by atoms with Crippen molar-refractivity contribution < 1.29 is 13.2 Å². The van der Waals surface area contributed by atoms with E-state index in [1.807, 2.05) is 0 Å². The van der Waals surface area contributed by atoms with E-state index >= 15 is 0 Å². The third kappa shape index (κ3) is 1.15. The molecule has 0 N–H and O–H groups in total. The second-order valence-corrected chi connectivity index (χ2v) is 7.16. The molecule has 0 radical (unpaired) electrons. The van der Waals surface area contributed by atoms with Crippen LogP contribution in [-0.2, 0) is 13.8 Å². The zero-order valence-electron chi connectivity index (χ0n) is 7.02. The minimum atomic E-state index is -3.37. The molecule has 1 saturated heterocycles. The summed E-state index contributed by atoms with van der Waals surface area (Å²) in [5, 5.41) is -0.336. The first-order valence-electron chi connectivity index (χ1n) is 4.66. The summed E-state index contributed by atoms with van der Waals surface area (Å²) in [7, 11) is 2.04. The molecular weight excluding hydrogens is 212 g/mol. The van der Waals surface area contributed by atoms with Crippen LogP contribution in [0.2, 0.25) is 0 Å². The first kappa shape index (κ1) is 8.50. The van der Waals surface area contributed by atoms with Crippen molar-refractivity contribution in [3.8, 4) is 0 Å². The number of epoxide rings is 1. The van der Waals surface area contributed by atoms with Crippen LogP contribution in [0.4, 0.5) is 0 Å². The third-order valence-corrected chi connectivity index (χ3v) is 5.64. The Morgan fingerprint density at radius 2 is 2.00 bits per heavy atom. The highest BCUT2D eigenvalue weighted by atomic mass is 35.7. The minimum absolute atomic E-state index is 0.178. The van der Waals surface area contributed by atoms with Crippen LogP contribution in [0.25, 0.3) is 0 Å². The van der Waals surface area contributed by atoms with Crippen LogP contribution in [0.3, 0.4) is 0 Å². The van der Waals surface area contributed by atoms with E-state index in [2.05, 4.69) is 0 Å². The molecule has 1 heterocycles. The molecule has 13 heavy (non-hydrogen) atoms. The molecule has 0 aromatic heterocycles. The second-order valence-electron chi connectivity index (χ2n) is 4.32. The topological polar surface area (TPSA) is 46.7 Å². The Morgan fingerprint density at radius 1 is 1.23 bits per heavy atom. The van der Waals surface area contributed by atoms with E-state index in [0.29, 0.717) is 12.0 Å². The van der Waals surface area contributed by atoms with E-state index in [1.54, 1.807) is 0 Å². The summed E-state index contributed by atoms with van der Waals surface area (Å²) < 4.78 is 28.0. The van der Waals surface area contributed by atoms with Crippen LogP contribution in [0.5, 0.6) is 0 Å². The van der Waals surface area contributed by atoms with Gasteiger partial charge in [-0.15, -0.1) is 0 Å². The average molecular weight is 223 g/mol. The van der Waals surface area contributed by atoms with E-state index in [1.165, 1.54) is 0 Å². The molecule has 1 aliphatic heterocycles. The molecule has 0 unspecified atom stereocenters. The summed E-state index contributed by atoms with van der Waals surface area (Å²) in [6, 6.07) is 0. The van der Waals surface area contributed by atoms with Crippen LogP contribution in [0.15, 0.2) is 0 Å². The van der Waals surface area contributed by atoms with E-state index < -0.39 is 9.05 Å². The van der Waals surface area contributed by atoms with Crippen LogP contribution >= 0.6 is 10.7 Å². The SMILES string of the molecule is O=S(=O)(Cl)[C@@H]1C[C@H]2CC[C@@H]1[C@@H]1O[C@H]21. The van der Waals surface area contributed by atoms with Gasteiger partial charge < -0.3 is 4.74 Å². The number of ether oxygens (including phenoxy) is 1. The van der Waals surface area contributed by atoms with Crippen molar-refractivity contribution in [3.63, 3.8) is 0 Å². The Kier molecular flexibility index (Phi) is 1.58. The number of hydrogen-bond donors (Lipinski definition) is 0. The van der Waals surface area contributed by atoms with Crippen LogP contribution in [0, 0.1) is 11.8 Å². The van der Waals surface area contributed by atoms with Gasteiger partial charge in [0.25, 0.3) is 0 Å². The van der Waals surface area contributed by atoms with Crippen molar-refractivity contribution in [1.82, 2.24) is 0 Å². The maximum atomic E-state index is 11.3. The molecule has 2 bridgehead atoms. The van der Waals surface area contributed by atoms with Gasteiger partial charge in [0.1, 0.15) is 0 Å². The monoisotopic (exact) mass is 222 g/mol. The molecule has 74 valence electrons. The predicted molar refractivity (Wildman–Crippen MR) is 48.1 cm³/mol. The molecule has 4 fully saturated rings. The molecule has 0 spiro atoms. The predicted octanol–water partition coefficient (Wildman–Crippen LogP) is 1.12. The normalized spacial score (nSPS) is 53.2. The Bertz CT molecular complexity index is 339. The van der Waals surface area contributed by atoms with Crippen molar-refractivity contribution in [1.29, 1.82) is 0 Å². The molecule has 4 aliphatic rings. The highest BCUT2D eigenvalue weighted by Crippen LogP contribution is 2.54. The lowest BCUT2D eigenvalue weighted by Crippen LogP contribution is -2.43. The molecule has 0 aromatic carbocycles. The molecule has 5 heteroatoms. The lowest BCUT2D eigenvalue weighted by atomic mass is 9.70. The summed E-state index contributed by atoms with van der Waals surface area (Å²) in [5.41, 5.74) is 0. The van der Waals surface area contributed by atoms with Crippen LogP contribution in [0.1, 0.15) is 19.3 Å². The highest BCUT2D eigenvalue weighted by molar-refractivity contribution is 8.14. The zero-order valence-corrected chi connectivity index (χ0v) is 8.59. The quantitative estimate of drug-likeness (QED) is 0.494. The maximum absolute atomic E-state index is 11.3. The number of hydrogen-bond acceptors (Lipinski definition) is 3. The molecule has 3 saturated carbocycles. The Morgan fingerprint density at radius 3 is 2.62 bits per heavy atom. The molecule has 5 atom stereocenters. The molecular formula is C8H11ClO3S. The zero-order chi connectivity index (χ0) is 9.22. The Labute approximate surface area is 81.8 Å². The minimum Gasteiger partial charge on any atom is -0.369 e. The van der Waals surface area contributed by atoms with Gasteiger partial charge in [0.05, 0.1) is 17.5 Å². The fourth-order valence-electron chi connectivity index (χ4n) is 3.04. The first-order valence-corrected chi connectivity index (χ1v) is 7.03. The fourth-order valence-corrected chi connectivity index (χ4v) is 4.84. The van der Waals surface area contributed by atoms with Crippen LogP contribution < -0.4 is 0 Å². The lowest BCUT2D eigenvalue weighted by molar-refractivity contribution is 0.222. The van der Waals surface area contributed by atoms with Gasteiger partial charge in [-0.1, -0.05) is 0 Å². The highest BCUT2D eigenvalue weighted by Gasteiger charge is 2.61. The standard InChI is InChI=1S/C8H11ClO3S/c9-13(10,11)6-3-4-1-2-5(6)8-7(4)12-8/h4-8H,1-3H2/t4-,5+,6-,7-,8+/m1/s1. The van der Waals surface area contributed by atoms with Crippen molar-refractivity contribution >= 4 is 19.7 Å². The average Bonchev–Trinajstić information content (AvgIpc) is 2.82. The summed E-state index contributed by atoms with van der Waals surface area (Å²) in [6.07, 6.45) is 3.40. The van der Waals surface area contributed by atoms with Crippen molar-refractivity contribution in [2.24, 2.45) is 11.8 Å². The van der Waals surface area contributed by atoms with Crippen molar-refractivity contribution in [3.05, 3.63) is 0 Å². The van der Waals surface area contributed by atoms with Crippen molar-refractivity contribution in [2.45, 2.75) is 36.7 Å². The van der Waals surface area contributed by atoms with Gasteiger partial charge in [-0.25, -0.2) is 8.42 Å². The second kappa shape index (κ2) is 2.41. The molecule has 0 amide bonds. The van der Waals surface area contributed by atoms with E-state index in [4.69, 9.17) is 15.4 Å². The van der Waals surface area contributed by atoms with Crippen LogP contribution in [-0.4, -0.2) is 25.9 Å². The fraction of sp³-hybridized carbons (Fsp3) is 1.00. The number of fused-ring (bicyclic) bond motifs is 2. The van der Waals surface area contributed by atoms with Gasteiger partial charge in [-0.2, -0.15) is 0 Å². The smallest absolute Gasteiger partial charge is 0.235 e. The van der Waals surface area contributed by atoms with E-state index in [9.17, 15) is 8.42 Å². The molecule has 3 aliphatic carbocycles. The Balaban J connectivity index is 1.94. The largest absolute Gasteiger partial charge is 0.369 e. The van der Waals surface area contributed by atoms with Gasteiger partial charge in [0.15, 0.2) is 0 Å². The van der Waals surface area contributed by atoms with Gasteiger partial charge in [-0.05, 0) is 25.2 Å². The summed E-state index contributed by atoms with van der Waals surface area (Å²) in [6.45, 7) is 0. The number of rotatable bonds is 1. The maximum Gasteiger partial charge on any atom is 0.235 e. The van der Waals surface area contributed by atoms with Gasteiger partial charge in [0, 0.05) is 16.6 Å². The molecule has 4 rings (SSSR count). The van der Waals surface area contributed by atoms with Gasteiger partial charge >= 0.3 is 0 Å². The summed E-state index contributed by atoms with van der Waals surface area (Å²) in [5.74, 6) is 0.631. The lowest BCUT2D eigenvalue weighted by Gasteiger charge is -2.37.